The number of anilines is 1. The van der Waals surface area contributed by atoms with Gasteiger partial charge in [0.05, 0.1) is 18.2 Å². The maximum atomic E-state index is 13.6. The fraction of sp³-hybridized carbons (Fsp3) is 0.407. The number of benzene rings is 2. The third-order valence-corrected chi connectivity index (χ3v) is 6.56. The fourth-order valence-electron chi connectivity index (χ4n) is 4.82. The summed E-state index contributed by atoms with van der Waals surface area (Å²) in [6.07, 6.45) is 5.61. The lowest BCUT2D eigenvalue weighted by Crippen LogP contribution is -2.38. The molecular weight excluding hydrogens is 414 g/mol. The van der Waals surface area contributed by atoms with Crippen LogP contribution in [-0.2, 0) is 11.3 Å². The van der Waals surface area contributed by atoms with Crippen molar-refractivity contribution in [3.63, 3.8) is 0 Å². The van der Waals surface area contributed by atoms with Crippen LogP contribution in [0.2, 0.25) is 0 Å². The first kappa shape index (κ1) is 21.7. The maximum Gasteiger partial charge on any atom is 0.254 e. The van der Waals surface area contributed by atoms with Gasteiger partial charge in [-0.25, -0.2) is 0 Å². The molecule has 3 heterocycles. The number of hydrogen-bond donors (Lipinski definition) is 0. The lowest BCUT2D eigenvalue weighted by atomic mass is 10.0. The van der Waals surface area contributed by atoms with Crippen molar-refractivity contribution in [1.29, 1.82) is 0 Å². The van der Waals surface area contributed by atoms with Crippen molar-refractivity contribution in [3.05, 3.63) is 71.8 Å². The Morgan fingerprint density at radius 1 is 0.970 bits per heavy atom. The Morgan fingerprint density at radius 3 is 2.39 bits per heavy atom. The number of hydrogen-bond acceptors (Lipinski definition) is 5. The quantitative estimate of drug-likeness (QED) is 0.503. The van der Waals surface area contributed by atoms with Crippen molar-refractivity contribution in [2.45, 2.75) is 44.8 Å². The third-order valence-electron chi connectivity index (χ3n) is 6.56. The number of amides is 1. The highest BCUT2D eigenvalue weighted by Crippen LogP contribution is 2.34. The number of aromatic nitrogens is 1. The van der Waals surface area contributed by atoms with Crippen LogP contribution in [0.3, 0.4) is 0 Å². The summed E-state index contributed by atoms with van der Waals surface area (Å²) in [4.78, 5) is 17.8. The van der Waals surface area contributed by atoms with E-state index < -0.39 is 0 Å². The van der Waals surface area contributed by atoms with E-state index >= 15 is 0 Å². The van der Waals surface area contributed by atoms with Gasteiger partial charge in [-0.05, 0) is 44.2 Å². The maximum absolute atomic E-state index is 13.6. The van der Waals surface area contributed by atoms with E-state index in [2.05, 4.69) is 10.1 Å². The van der Waals surface area contributed by atoms with Gasteiger partial charge in [0.1, 0.15) is 5.69 Å². The normalized spacial score (nSPS) is 18.4. The Labute approximate surface area is 195 Å². The Morgan fingerprint density at radius 2 is 1.70 bits per heavy atom. The second-order valence-electron chi connectivity index (χ2n) is 8.92. The molecule has 1 atom stereocenters. The number of carbonyl (C=O) groups is 1. The predicted molar refractivity (Wildman–Crippen MR) is 128 cm³/mol. The van der Waals surface area contributed by atoms with Gasteiger partial charge in [0.15, 0.2) is 0 Å². The summed E-state index contributed by atoms with van der Waals surface area (Å²) in [5.41, 5.74) is 3.48. The average molecular weight is 446 g/mol. The van der Waals surface area contributed by atoms with Crippen molar-refractivity contribution in [2.75, 3.05) is 31.1 Å². The van der Waals surface area contributed by atoms with Gasteiger partial charge in [-0.2, -0.15) is 0 Å². The highest BCUT2D eigenvalue weighted by Gasteiger charge is 2.29. The van der Waals surface area contributed by atoms with Crippen LogP contribution in [0, 0.1) is 0 Å². The Hall–Kier alpha value is -3.12. The van der Waals surface area contributed by atoms with Crippen LogP contribution in [0.1, 0.15) is 48.0 Å². The molecule has 0 bridgehead atoms. The van der Waals surface area contributed by atoms with E-state index in [0.717, 1.165) is 68.1 Å². The second kappa shape index (κ2) is 10.2. The summed E-state index contributed by atoms with van der Waals surface area (Å²) < 4.78 is 11.9. The van der Waals surface area contributed by atoms with Gasteiger partial charge >= 0.3 is 0 Å². The summed E-state index contributed by atoms with van der Waals surface area (Å²) in [5.74, 6) is 0.808. The zero-order valence-corrected chi connectivity index (χ0v) is 19.0. The van der Waals surface area contributed by atoms with E-state index in [4.69, 9.17) is 9.26 Å². The minimum absolute atomic E-state index is 0.0101. The number of carbonyl (C=O) groups excluding carboxylic acids is 1. The minimum atomic E-state index is 0.0101. The van der Waals surface area contributed by atoms with Crippen molar-refractivity contribution < 1.29 is 14.1 Å². The van der Waals surface area contributed by atoms with Crippen LogP contribution in [0.4, 0.5) is 5.88 Å². The SMILES string of the molecule is O=C(c1ccccc1)N(Cc1c(-c2ccccc2)noc1N1CCCCC1)CC1CCCO1. The smallest absolute Gasteiger partial charge is 0.254 e. The first-order valence-corrected chi connectivity index (χ1v) is 12.0. The molecule has 172 valence electrons. The third kappa shape index (κ3) is 4.96. The van der Waals surface area contributed by atoms with E-state index in [0.29, 0.717) is 18.7 Å². The molecule has 2 aromatic carbocycles. The summed E-state index contributed by atoms with van der Waals surface area (Å²) in [5, 5.41) is 4.49. The molecule has 3 aromatic rings. The molecule has 33 heavy (non-hydrogen) atoms. The highest BCUT2D eigenvalue weighted by molar-refractivity contribution is 5.94. The fourth-order valence-corrected chi connectivity index (χ4v) is 4.82. The van der Waals surface area contributed by atoms with Crippen LogP contribution in [0.25, 0.3) is 11.3 Å². The molecule has 0 aliphatic carbocycles. The summed E-state index contributed by atoms with van der Waals surface area (Å²) >= 11 is 0. The van der Waals surface area contributed by atoms with Crippen LogP contribution < -0.4 is 4.90 Å². The van der Waals surface area contributed by atoms with Crippen molar-refractivity contribution in [1.82, 2.24) is 10.1 Å². The van der Waals surface area contributed by atoms with Gasteiger partial charge in [0, 0.05) is 37.4 Å². The Bertz CT molecular complexity index is 1040. The molecule has 0 spiro atoms. The first-order chi connectivity index (χ1) is 16.3. The summed E-state index contributed by atoms with van der Waals surface area (Å²) in [7, 11) is 0. The molecule has 2 aliphatic rings. The molecule has 6 nitrogen and oxygen atoms in total. The first-order valence-electron chi connectivity index (χ1n) is 12.0. The number of rotatable bonds is 7. The average Bonchev–Trinajstić information content (AvgIpc) is 3.55. The largest absolute Gasteiger partial charge is 0.376 e. The zero-order chi connectivity index (χ0) is 22.5. The minimum Gasteiger partial charge on any atom is -0.376 e. The lowest BCUT2D eigenvalue weighted by molar-refractivity contribution is 0.0507. The molecule has 0 saturated carbocycles. The molecule has 0 radical (unpaired) electrons. The second-order valence-corrected chi connectivity index (χ2v) is 8.92. The van der Waals surface area contributed by atoms with Gasteiger partial charge in [0.2, 0.25) is 5.88 Å². The molecule has 1 amide bonds. The van der Waals surface area contributed by atoms with Gasteiger partial charge in [0.25, 0.3) is 5.91 Å². The molecule has 1 aromatic heterocycles. The van der Waals surface area contributed by atoms with E-state index in [9.17, 15) is 4.79 Å². The van der Waals surface area contributed by atoms with E-state index in [1.807, 2.05) is 65.6 Å². The predicted octanol–water partition coefficient (Wildman–Crippen LogP) is 5.15. The van der Waals surface area contributed by atoms with E-state index in [-0.39, 0.29) is 12.0 Å². The van der Waals surface area contributed by atoms with Crippen LogP contribution in [0.5, 0.6) is 0 Å². The monoisotopic (exact) mass is 445 g/mol. The standard InChI is InChI=1S/C27H31N3O3/c31-26(22-13-6-2-7-14-22)30(19-23-15-10-18-32-23)20-24-25(21-11-4-1-5-12-21)28-33-27(24)29-16-8-3-9-17-29/h1-2,4-7,11-14,23H,3,8-10,15-20H2. The molecule has 1 unspecified atom stereocenters. The van der Waals surface area contributed by atoms with E-state index in [1.54, 1.807) is 0 Å². The molecule has 5 rings (SSSR count). The molecule has 0 N–H and O–H groups in total. The van der Waals surface area contributed by atoms with Crippen molar-refractivity contribution >= 4 is 11.8 Å². The lowest BCUT2D eigenvalue weighted by Gasteiger charge is -2.29. The number of nitrogens with zero attached hydrogens (tertiary/aromatic N) is 3. The molecule has 2 aliphatic heterocycles. The zero-order valence-electron chi connectivity index (χ0n) is 19.0. The van der Waals surface area contributed by atoms with Gasteiger partial charge in [-0.3, -0.25) is 4.79 Å². The van der Waals surface area contributed by atoms with Gasteiger partial charge < -0.3 is 19.1 Å². The Kier molecular flexibility index (Phi) is 6.72. The molecule has 2 saturated heterocycles. The molecular formula is C27H31N3O3. The van der Waals surface area contributed by atoms with Gasteiger partial charge in [-0.15, -0.1) is 0 Å². The van der Waals surface area contributed by atoms with Crippen LogP contribution >= 0.6 is 0 Å². The van der Waals surface area contributed by atoms with Crippen molar-refractivity contribution in [2.24, 2.45) is 0 Å². The highest BCUT2D eigenvalue weighted by atomic mass is 16.5. The van der Waals surface area contributed by atoms with Gasteiger partial charge in [-0.1, -0.05) is 53.7 Å². The molecule has 2 fully saturated rings. The topological polar surface area (TPSA) is 58.8 Å². The number of ether oxygens (including phenoxy) is 1. The van der Waals surface area contributed by atoms with Crippen LogP contribution in [0.15, 0.2) is 65.2 Å². The summed E-state index contributed by atoms with van der Waals surface area (Å²) in [6.45, 7) is 3.67. The summed E-state index contributed by atoms with van der Waals surface area (Å²) in [6, 6.07) is 19.6. The van der Waals surface area contributed by atoms with Crippen LogP contribution in [-0.4, -0.2) is 48.3 Å². The van der Waals surface area contributed by atoms with E-state index in [1.165, 1.54) is 6.42 Å². The Balaban J connectivity index is 1.51. The number of piperidine rings is 1. The molecule has 6 heteroatoms. The van der Waals surface area contributed by atoms with Crippen molar-refractivity contribution in [3.8, 4) is 11.3 Å².